The predicted molar refractivity (Wildman–Crippen MR) is 121 cm³/mol. The number of sulfonamides is 1. The molecule has 8 nitrogen and oxygen atoms in total. The zero-order valence-corrected chi connectivity index (χ0v) is 19.6. The molecule has 174 valence electrons. The van der Waals surface area contributed by atoms with E-state index in [2.05, 4.69) is 10.3 Å². The molecule has 1 saturated heterocycles. The predicted octanol–water partition coefficient (Wildman–Crippen LogP) is 2.77. The van der Waals surface area contributed by atoms with Gasteiger partial charge in [0.1, 0.15) is 11.6 Å². The van der Waals surface area contributed by atoms with E-state index >= 15 is 0 Å². The molecule has 1 aromatic heterocycles. The Labute approximate surface area is 190 Å². The summed E-state index contributed by atoms with van der Waals surface area (Å²) < 4.78 is 35.0. The van der Waals surface area contributed by atoms with Crippen molar-refractivity contribution < 1.29 is 17.9 Å². The minimum atomic E-state index is -3.63. The van der Waals surface area contributed by atoms with Gasteiger partial charge in [-0.15, -0.1) is 0 Å². The summed E-state index contributed by atoms with van der Waals surface area (Å²) in [6, 6.07) is 7.84. The van der Waals surface area contributed by atoms with Crippen LogP contribution in [0, 0.1) is 12.8 Å². The number of amides is 1. The molecule has 9 heteroatoms. The number of nitrogens with zero attached hydrogens (tertiary/aromatic N) is 3. The van der Waals surface area contributed by atoms with Gasteiger partial charge in [-0.2, -0.15) is 4.31 Å². The maximum absolute atomic E-state index is 12.9. The molecule has 0 bridgehead atoms. The van der Waals surface area contributed by atoms with E-state index < -0.39 is 10.0 Å². The van der Waals surface area contributed by atoms with Crippen molar-refractivity contribution in [3.05, 3.63) is 41.9 Å². The van der Waals surface area contributed by atoms with Crippen LogP contribution in [0.5, 0.6) is 5.75 Å². The Bertz CT molecular complexity index is 1030. The third kappa shape index (κ3) is 4.99. The fourth-order valence-electron chi connectivity index (χ4n) is 4.42. The van der Waals surface area contributed by atoms with Crippen LogP contribution >= 0.6 is 0 Å². The molecule has 4 rings (SSSR count). The van der Waals surface area contributed by atoms with Crippen molar-refractivity contribution in [3.8, 4) is 5.75 Å². The number of aromatic nitrogens is 2. The first-order valence-electron chi connectivity index (χ1n) is 11.4. The Kier molecular flexibility index (Phi) is 6.85. The molecule has 1 aromatic carbocycles. The van der Waals surface area contributed by atoms with E-state index in [1.54, 1.807) is 18.5 Å². The highest BCUT2D eigenvalue weighted by molar-refractivity contribution is 7.89. The fraction of sp³-hybridized carbons (Fsp3) is 0.565. The van der Waals surface area contributed by atoms with Gasteiger partial charge in [-0.3, -0.25) is 4.79 Å². The number of piperidine rings is 1. The zero-order valence-electron chi connectivity index (χ0n) is 18.8. The fourth-order valence-corrected chi connectivity index (χ4v) is 5.91. The normalized spacial score (nSPS) is 18.7. The van der Waals surface area contributed by atoms with Gasteiger partial charge in [0.2, 0.25) is 5.91 Å². The maximum atomic E-state index is 12.9. The van der Waals surface area contributed by atoms with Crippen LogP contribution in [0.4, 0.5) is 0 Å². The third-order valence-electron chi connectivity index (χ3n) is 6.54. The average Bonchev–Trinajstić information content (AvgIpc) is 3.43. The molecule has 2 aromatic rings. The number of ether oxygens (including phenoxy) is 1. The highest BCUT2D eigenvalue weighted by Crippen LogP contribution is 2.27. The number of carbonyl (C=O) groups is 1. The Morgan fingerprint density at radius 1 is 1.16 bits per heavy atom. The summed E-state index contributed by atoms with van der Waals surface area (Å²) in [6.45, 7) is 2.81. The van der Waals surface area contributed by atoms with Crippen molar-refractivity contribution in [1.29, 1.82) is 0 Å². The lowest BCUT2D eigenvalue weighted by Gasteiger charge is -2.30. The summed E-state index contributed by atoms with van der Waals surface area (Å²) in [5.74, 6) is 1.25. The molecule has 1 aliphatic heterocycles. The number of aryl methyl sites for hydroxylation is 2. The number of carbonyl (C=O) groups excluding carboxylic acids is 1. The van der Waals surface area contributed by atoms with Gasteiger partial charge in [0.05, 0.1) is 6.10 Å². The smallest absolute Gasteiger partial charge is 0.262 e. The van der Waals surface area contributed by atoms with E-state index in [0.29, 0.717) is 38.3 Å². The molecule has 0 unspecified atom stereocenters. The topological polar surface area (TPSA) is 93.5 Å². The van der Waals surface area contributed by atoms with Crippen LogP contribution in [0.2, 0.25) is 0 Å². The molecule has 2 heterocycles. The lowest BCUT2D eigenvalue weighted by molar-refractivity contribution is -0.126. The second-order valence-corrected chi connectivity index (χ2v) is 10.7. The van der Waals surface area contributed by atoms with Gasteiger partial charge in [-0.05, 0) is 51.5 Å². The second-order valence-electron chi connectivity index (χ2n) is 8.77. The standard InChI is InChI=1S/C23H32N4O4S/c1-17-25-22(16-26(17)2)32(29,30)27-13-11-18(12-14-27)23(28)24-15-19-7-3-6-10-21(19)31-20-8-4-5-9-20/h3,6-7,10,16,18,20H,4-5,8-9,11-15H2,1-2H3,(H,24,28). The van der Waals surface area contributed by atoms with Crippen LogP contribution in [0.3, 0.4) is 0 Å². The number of benzene rings is 1. The van der Waals surface area contributed by atoms with Crippen molar-refractivity contribution >= 4 is 15.9 Å². The first-order chi connectivity index (χ1) is 15.3. The van der Waals surface area contributed by atoms with E-state index in [9.17, 15) is 13.2 Å². The second kappa shape index (κ2) is 9.62. The van der Waals surface area contributed by atoms with Crippen molar-refractivity contribution in [2.24, 2.45) is 13.0 Å². The van der Waals surface area contributed by atoms with Crippen LogP contribution in [0.15, 0.2) is 35.5 Å². The van der Waals surface area contributed by atoms with Gasteiger partial charge in [0.25, 0.3) is 10.0 Å². The van der Waals surface area contributed by atoms with E-state index in [1.165, 1.54) is 23.3 Å². The Balaban J connectivity index is 1.31. The molecule has 1 N–H and O–H groups in total. The monoisotopic (exact) mass is 460 g/mol. The van der Waals surface area contributed by atoms with E-state index in [-0.39, 0.29) is 23.0 Å². The van der Waals surface area contributed by atoms with Gasteiger partial charge in [-0.1, -0.05) is 18.2 Å². The van der Waals surface area contributed by atoms with Crippen molar-refractivity contribution in [1.82, 2.24) is 19.2 Å². The van der Waals surface area contributed by atoms with Crippen molar-refractivity contribution in [2.75, 3.05) is 13.1 Å². The number of imidazole rings is 1. The summed E-state index contributed by atoms with van der Waals surface area (Å²) in [5, 5.41) is 3.10. The zero-order chi connectivity index (χ0) is 22.7. The third-order valence-corrected chi connectivity index (χ3v) is 8.31. The molecule has 1 aliphatic carbocycles. The lowest BCUT2D eigenvalue weighted by atomic mass is 9.97. The lowest BCUT2D eigenvalue weighted by Crippen LogP contribution is -2.43. The number of para-hydroxylation sites is 1. The van der Waals surface area contributed by atoms with E-state index in [0.717, 1.165) is 24.2 Å². The Hall–Kier alpha value is -2.39. The number of hydrogen-bond donors (Lipinski definition) is 1. The quantitative estimate of drug-likeness (QED) is 0.686. The number of rotatable bonds is 7. The largest absolute Gasteiger partial charge is 0.490 e. The van der Waals surface area contributed by atoms with Crippen LogP contribution in [0.25, 0.3) is 0 Å². The molecule has 1 saturated carbocycles. The summed E-state index contributed by atoms with van der Waals surface area (Å²) in [4.78, 5) is 16.9. The molecular formula is C23H32N4O4S. The first-order valence-corrected chi connectivity index (χ1v) is 12.8. The van der Waals surface area contributed by atoms with Gasteiger partial charge >= 0.3 is 0 Å². The average molecular weight is 461 g/mol. The summed E-state index contributed by atoms with van der Waals surface area (Å²) in [6.07, 6.45) is 7.38. The van der Waals surface area contributed by atoms with Crippen LogP contribution < -0.4 is 10.1 Å². The van der Waals surface area contributed by atoms with Crippen LogP contribution in [0.1, 0.15) is 49.9 Å². The van der Waals surface area contributed by atoms with Crippen LogP contribution in [-0.2, 0) is 28.4 Å². The summed E-state index contributed by atoms with van der Waals surface area (Å²) >= 11 is 0. The molecule has 2 aliphatic rings. The van der Waals surface area contributed by atoms with Crippen molar-refractivity contribution in [2.45, 2.75) is 63.1 Å². The van der Waals surface area contributed by atoms with Crippen LogP contribution in [-0.4, -0.2) is 47.4 Å². The van der Waals surface area contributed by atoms with E-state index in [1.807, 2.05) is 24.3 Å². The molecule has 1 amide bonds. The van der Waals surface area contributed by atoms with Gasteiger partial charge < -0.3 is 14.6 Å². The molecule has 0 spiro atoms. The minimum absolute atomic E-state index is 0.0357. The highest BCUT2D eigenvalue weighted by Gasteiger charge is 2.33. The molecule has 2 fully saturated rings. The summed E-state index contributed by atoms with van der Waals surface area (Å²) in [7, 11) is -1.86. The molecule has 32 heavy (non-hydrogen) atoms. The maximum Gasteiger partial charge on any atom is 0.262 e. The van der Waals surface area contributed by atoms with Gasteiger partial charge in [-0.25, -0.2) is 13.4 Å². The van der Waals surface area contributed by atoms with E-state index in [4.69, 9.17) is 4.74 Å². The van der Waals surface area contributed by atoms with Crippen molar-refractivity contribution in [3.63, 3.8) is 0 Å². The Morgan fingerprint density at radius 3 is 2.50 bits per heavy atom. The SMILES string of the molecule is Cc1nc(S(=O)(=O)N2CCC(C(=O)NCc3ccccc3OC3CCCC3)CC2)cn1C. The minimum Gasteiger partial charge on any atom is -0.490 e. The molecule has 0 radical (unpaired) electrons. The summed E-state index contributed by atoms with van der Waals surface area (Å²) in [5.41, 5.74) is 0.971. The molecule has 0 atom stereocenters. The number of nitrogens with one attached hydrogen (secondary N) is 1. The van der Waals surface area contributed by atoms with Gasteiger partial charge in [0.15, 0.2) is 5.03 Å². The Morgan fingerprint density at radius 2 is 1.84 bits per heavy atom. The van der Waals surface area contributed by atoms with Gasteiger partial charge in [0, 0.05) is 44.4 Å². The molecular weight excluding hydrogens is 428 g/mol. The number of hydrogen-bond acceptors (Lipinski definition) is 5. The first kappa shape index (κ1) is 22.8. The highest BCUT2D eigenvalue weighted by atomic mass is 32.2.